The average molecular weight is 516 g/mol. The number of rotatable bonds is 8. The van der Waals surface area contributed by atoms with Gasteiger partial charge >= 0.3 is 7.82 Å². The maximum absolute atomic E-state index is 13.1. The molecule has 0 aliphatic carbocycles. The first-order valence-electron chi connectivity index (χ1n) is 11.5. The number of phosphoric ester groups is 1. The number of likely N-dealkylation sites (tertiary alicyclic amines) is 1. The molecule has 3 amide bonds. The van der Waals surface area contributed by atoms with Crippen LogP contribution < -0.4 is 14.7 Å². The van der Waals surface area contributed by atoms with Gasteiger partial charge in [-0.25, -0.2) is 4.57 Å². The molecule has 10 nitrogen and oxygen atoms in total. The van der Waals surface area contributed by atoms with Gasteiger partial charge in [0.2, 0.25) is 17.7 Å². The number of para-hydroxylation sites is 1. The van der Waals surface area contributed by atoms with E-state index in [9.17, 15) is 18.9 Å². The van der Waals surface area contributed by atoms with Crippen molar-refractivity contribution in [2.24, 2.45) is 0 Å². The SMILES string of the molecule is C/C(=C\C(=O)NC1CCCCN(CC(=O)N(C)c2ccccc2)C1=O)c1ccc(OP(=O)(O)O)cc1. The molecule has 0 aromatic heterocycles. The molecule has 1 unspecified atom stereocenters. The highest BCUT2D eigenvalue weighted by Crippen LogP contribution is 2.37. The molecule has 1 aliphatic rings. The quantitative estimate of drug-likeness (QED) is 0.363. The normalized spacial score (nSPS) is 16.8. The number of carbonyl (C=O) groups excluding carboxylic acids is 3. The van der Waals surface area contributed by atoms with E-state index in [-0.39, 0.29) is 24.1 Å². The summed E-state index contributed by atoms with van der Waals surface area (Å²) in [5.74, 6) is -0.957. The zero-order valence-corrected chi connectivity index (χ0v) is 21.1. The van der Waals surface area contributed by atoms with Crippen molar-refractivity contribution in [1.82, 2.24) is 10.2 Å². The van der Waals surface area contributed by atoms with Gasteiger partial charge in [0.1, 0.15) is 18.3 Å². The number of benzene rings is 2. The zero-order valence-electron chi connectivity index (χ0n) is 20.2. The van der Waals surface area contributed by atoms with E-state index in [1.807, 2.05) is 30.3 Å². The number of nitrogens with one attached hydrogen (secondary N) is 1. The average Bonchev–Trinajstić information content (AvgIpc) is 2.99. The van der Waals surface area contributed by atoms with Gasteiger partial charge in [0.15, 0.2) is 0 Å². The Morgan fingerprint density at radius 1 is 1.14 bits per heavy atom. The van der Waals surface area contributed by atoms with Gasteiger partial charge in [-0.2, -0.15) is 0 Å². The van der Waals surface area contributed by atoms with Gasteiger partial charge in [-0.3, -0.25) is 24.2 Å². The Morgan fingerprint density at radius 3 is 2.44 bits per heavy atom. The lowest BCUT2D eigenvalue weighted by Crippen LogP contribution is -2.50. The molecule has 3 N–H and O–H groups in total. The Bertz CT molecular complexity index is 1160. The van der Waals surface area contributed by atoms with E-state index >= 15 is 0 Å². The second-order valence-corrected chi connectivity index (χ2v) is 9.70. The summed E-state index contributed by atoms with van der Waals surface area (Å²) in [5.41, 5.74) is 1.97. The molecule has 0 bridgehead atoms. The zero-order chi connectivity index (χ0) is 26.3. The summed E-state index contributed by atoms with van der Waals surface area (Å²) >= 11 is 0. The van der Waals surface area contributed by atoms with Gasteiger partial charge in [0, 0.05) is 25.4 Å². The Kier molecular flexibility index (Phi) is 9.03. The number of hydrogen-bond acceptors (Lipinski definition) is 5. The molecule has 11 heteroatoms. The fourth-order valence-electron chi connectivity index (χ4n) is 3.87. The van der Waals surface area contributed by atoms with Crippen LogP contribution in [-0.2, 0) is 18.9 Å². The van der Waals surface area contributed by atoms with Gasteiger partial charge in [0.05, 0.1) is 0 Å². The van der Waals surface area contributed by atoms with Crippen LogP contribution in [0.4, 0.5) is 5.69 Å². The molecule has 1 fully saturated rings. The molecule has 1 saturated heterocycles. The van der Waals surface area contributed by atoms with Crippen LogP contribution in [0.15, 0.2) is 60.7 Å². The minimum Gasteiger partial charge on any atom is -0.404 e. The molecule has 192 valence electrons. The van der Waals surface area contributed by atoms with Crippen molar-refractivity contribution in [3.05, 3.63) is 66.2 Å². The van der Waals surface area contributed by atoms with Crippen molar-refractivity contribution in [1.29, 1.82) is 0 Å². The number of allylic oxidation sites excluding steroid dienone is 1. The number of amides is 3. The van der Waals surface area contributed by atoms with Gasteiger partial charge in [-0.15, -0.1) is 0 Å². The summed E-state index contributed by atoms with van der Waals surface area (Å²) in [5, 5.41) is 2.76. The van der Waals surface area contributed by atoms with Gasteiger partial charge in [0.25, 0.3) is 0 Å². The first-order valence-corrected chi connectivity index (χ1v) is 13.0. The van der Waals surface area contributed by atoms with Crippen LogP contribution in [0.5, 0.6) is 5.75 Å². The Morgan fingerprint density at radius 2 is 1.81 bits per heavy atom. The van der Waals surface area contributed by atoms with E-state index in [1.165, 1.54) is 28.0 Å². The van der Waals surface area contributed by atoms with Crippen molar-refractivity contribution in [2.75, 3.05) is 25.0 Å². The number of likely N-dealkylation sites (N-methyl/N-ethyl adjacent to an activating group) is 1. The topological polar surface area (TPSA) is 136 Å². The van der Waals surface area contributed by atoms with Crippen LogP contribution in [0, 0.1) is 0 Å². The monoisotopic (exact) mass is 515 g/mol. The van der Waals surface area contributed by atoms with Gasteiger partial charge in [-0.05, 0) is 61.6 Å². The molecule has 0 radical (unpaired) electrons. The highest BCUT2D eigenvalue weighted by atomic mass is 31.2. The van der Waals surface area contributed by atoms with E-state index < -0.39 is 19.8 Å². The fourth-order valence-corrected chi connectivity index (χ4v) is 4.27. The maximum atomic E-state index is 13.1. The highest BCUT2D eigenvalue weighted by Gasteiger charge is 2.30. The molecule has 3 rings (SSSR count). The number of phosphoric acid groups is 1. The molecule has 36 heavy (non-hydrogen) atoms. The van der Waals surface area contributed by atoms with Crippen LogP contribution in [0.3, 0.4) is 0 Å². The number of nitrogens with zero attached hydrogens (tertiary/aromatic N) is 2. The smallest absolute Gasteiger partial charge is 0.404 e. The Balaban J connectivity index is 1.62. The number of hydrogen-bond donors (Lipinski definition) is 3. The fraction of sp³-hybridized carbons (Fsp3) is 0.320. The summed E-state index contributed by atoms with van der Waals surface area (Å²) in [6, 6.07) is 14.3. The minimum atomic E-state index is -4.65. The van der Waals surface area contributed by atoms with Crippen molar-refractivity contribution in [3.63, 3.8) is 0 Å². The van der Waals surface area contributed by atoms with Crippen LogP contribution in [-0.4, -0.2) is 58.6 Å². The standard InChI is InChI=1S/C25H30N3O7P/c1-18(19-11-13-21(14-12-19)35-36(32,33)34)16-23(29)26-22-10-6-7-15-28(25(22)31)17-24(30)27(2)20-8-4-3-5-9-20/h3-5,8-9,11-14,16,22H,6-7,10,15,17H2,1-2H3,(H,26,29)(H2,32,33,34)/b18-16+. The maximum Gasteiger partial charge on any atom is 0.524 e. The lowest BCUT2D eigenvalue weighted by atomic mass is 10.1. The van der Waals surface area contributed by atoms with E-state index in [2.05, 4.69) is 9.84 Å². The van der Waals surface area contributed by atoms with Crippen LogP contribution in [0.1, 0.15) is 31.7 Å². The molecule has 2 aromatic rings. The third-order valence-electron chi connectivity index (χ3n) is 5.82. The van der Waals surface area contributed by atoms with Gasteiger partial charge < -0.3 is 19.6 Å². The van der Waals surface area contributed by atoms with E-state index in [0.717, 1.165) is 18.5 Å². The number of carbonyl (C=O) groups is 3. The van der Waals surface area contributed by atoms with Gasteiger partial charge in [-0.1, -0.05) is 30.3 Å². The van der Waals surface area contributed by atoms with Crippen molar-refractivity contribution < 1.29 is 33.3 Å². The summed E-state index contributed by atoms with van der Waals surface area (Å²) in [4.78, 5) is 59.4. The summed E-state index contributed by atoms with van der Waals surface area (Å²) in [6.45, 7) is 2.07. The second-order valence-electron chi connectivity index (χ2n) is 8.54. The lowest BCUT2D eigenvalue weighted by molar-refractivity contribution is -0.137. The van der Waals surface area contributed by atoms with Crippen molar-refractivity contribution in [2.45, 2.75) is 32.2 Å². The van der Waals surface area contributed by atoms with E-state index in [1.54, 1.807) is 26.1 Å². The molecule has 1 atom stereocenters. The molecule has 0 spiro atoms. The third kappa shape index (κ3) is 7.78. The highest BCUT2D eigenvalue weighted by molar-refractivity contribution is 7.46. The predicted octanol–water partition coefficient (Wildman–Crippen LogP) is 2.72. The minimum absolute atomic E-state index is 0.000866. The molecule has 1 heterocycles. The number of anilines is 1. The van der Waals surface area contributed by atoms with Crippen molar-refractivity contribution in [3.8, 4) is 5.75 Å². The summed E-state index contributed by atoms with van der Waals surface area (Å²) in [6.07, 6.45) is 3.30. The van der Waals surface area contributed by atoms with Crippen LogP contribution >= 0.6 is 7.82 Å². The Labute approximate surface area is 209 Å². The van der Waals surface area contributed by atoms with Crippen LogP contribution in [0.2, 0.25) is 0 Å². The Hall–Kier alpha value is -3.46. The summed E-state index contributed by atoms with van der Waals surface area (Å²) in [7, 11) is -2.99. The lowest BCUT2D eigenvalue weighted by Gasteiger charge is -2.26. The predicted molar refractivity (Wildman–Crippen MR) is 135 cm³/mol. The molecule has 1 aliphatic heterocycles. The molecular formula is C25H30N3O7P. The molecule has 0 saturated carbocycles. The second kappa shape index (κ2) is 12.0. The van der Waals surface area contributed by atoms with Crippen LogP contribution in [0.25, 0.3) is 5.57 Å². The first-order chi connectivity index (χ1) is 17.0. The van der Waals surface area contributed by atoms with E-state index in [4.69, 9.17) is 9.79 Å². The van der Waals surface area contributed by atoms with E-state index in [0.29, 0.717) is 24.1 Å². The van der Waals surface area contributed by atoms with Crippen molar-refractivity contribution >= 4 is 36.8 Å². The first kappa shape index (κ1) is 27.1. The molecular weight excluding hydrogens is 485 g/mol. The largest absolute Gasteiger partial charge is 0.524 e. The molecule has 2 aromatic carbocycles. The summed E-state index contributed by atoms with van der Waals surface area (Å²) < 4.78 is 15.5. The third-order valence-corrected chi connectivity index (χ3v) is 6.27.